The van der Waals surface area contributed by atoms with Crippen molar-refractivity contribution in [1.29, 1.82) is 0 Å². The molecule has 0 aliphatic rings. The van der Waals surface area contributed by atoms with Crippen molar-refractivity contribution >= 4 is 43.3 Å². The molecule has 1 heterocycles. The third-order valence-corrected chi connectivity index (χ3v) is 5.87. The number of rotatable bonds is 4. The maximum absolute atomic E-state index is 13.1. The zero-order valence-corrected chi connectivity index (χ0v) is 18.2. The molecule has 0 aliphatic carbocycles. The minimum atomic E-state index is -0.722. The molecule has 3 rings (SSSR count). The smallest absolute Gasteiger partial charge is 0.252 e. The van der Waals surface area contributed by atoms with Crippen molar-refractivity contribution in [3.8, 4) is 0 Å². The fraction of sp³-hybridized carbons (Fsp3) is 0.348. The molecule has 0 unspecified atom stereocenters. The number of nitrogens with one attached hydrogen (secondary N) is 1. The Morgan fingerprint density at radius 1 is 1.00 bits per heavy atom. The van der Waals surface area contributed by atoms with Crippen LogP contribution in [-0.4, -0.2) is 17.4 Å². The molecule has 0 aliphatic heterocycles. The van der Waals surface area contributed by atoms with E-state index >= 15 is 0 Å². The normalized spacial score (nSPS) is 12.3. The van der Waals surface area contributed by atoms with Crippen molar-refractivity contribution in [3.63, 3.8) is 0 Å². The highest BCUT2D eigenvalue weighted by atomic mass is 32.1. The summed E-state index contributed by atoms with van der Waals surface area (Å²) in [5, 5.41) is 4.00. The van der Waals surface area contributed by atoms with Crippen molar-refractivity contribution in [1.82, 2.24) is 5.32 Å². The molecule has 3 aromatic rings. The van der Waals surface area contributed by atoms with E-state index in [1.54, 1.807) is 18.2 Å². The lowest BCUT2D eigenvalue weighted by atomic mass is 9.81. The Balaban J connectivity index is 2.17. The van der Waals surface area contributed by atoms with Crippen molar-refractivity contribution in [2.75, 3.05) is 0 Å². The van der Waals surface area contributed by atoms with Gasteiger partial charge in [0.2, 0.25) is 0 Å². The molecule has 6 heteroatoms. The quantitative estimate of drug-likeness (QED) is 0.622. The Labute approximate surface area is 173 Å². The second kappa shape index (κ2) is 7.26. The van der Waals surface area contributed by atoms with Gasteiger partial charge in [0, 0.05) is 21.0 Å². The Morgan fingerprint density at radius 3 is 2.28 bits per heavy atom. The van der Waals surface area contributed by atoms with Gasteiger partial charge in [-0.2, -0.15) is 0 Å². The topological polar surface area (TPSA) is 89.3 Å². The van der Waals surface area contributed by atoms with E-state index in [1.807, 2.05) is 26.0 Å². The molecular formula is C23H26N2O3S. The van der Waals surface area contributed by atoms with Crippen molar-refractivity contribution < 1.29 is 9.59 Å². The van der Waals surface area contributed by atoms with E-state index in [9.17, 15) is 14.4 Å². The molecule has 0 atom stereocenters. The van der Waals surface area contributed by atoms with Gasteiger partial charge in [-0.15, -0.1) is 11.3 Å². The fourth-order valence-corrected chi connectivity index (χ4v) is 5.26. The first-order chi connectivity index (χ1) is 13.4. The maximum Gasteiger partial charge on any atom is 0.252 e. The predicted octanol–water partition coefficient (Wildman–Crippen LogP) is 4.46. The van der Waals surface area contributed by atoms with Crippen LogP contribution < -0.4 is 16.5 Å². The number of hydrogen-bond donors (Lipinski definition) is 2. The van der Waals surface area contributed by atoms with Crippen LogP contribution in [0.5, 0.6) is 0 Å². The van der Waals surface area contributed by atoms with Gasteiger partial charge in [0.25, 0.3) is 11.8 Å². The van der Waals surface area contributed by atoms with E-state index in [4.69, 9.17) is 5.73 Å². The molecule has 1 aromatic heterocycles. The van der Waals surface area contributed by atoms with Crippen molar-refractivity contribution in [3.05, 3.63) is 57.7 Å². The van der Waals surface area contributed by atoms with Gasteiger partial charge in [-0.25, -0.2) is 0 Å². The Kier molecular flexibility index (Phi) is 5.26. The van der Waals surface area contributed by atoms with Gasteiger partial charge in [0.15, 0.2) is 5.43 Å². The lowest BCUT2D eigenvalue weighted by Crippen LogP contribution is -2.46. The zero-order chi connectivity index (χ0) is 21.6. The number of hydrogen-bond acceptors (Lipinski definition) is 4. The largest absolute Gasteiger partial charge is 0.366 e. The lowest BCUT2D eigenvalue weighted by molar-refractivity contribution is 0.0881. The Hall–Kier alpha value is -2.73. The SMILES string of the molecule is CC(C)(C)CC(C)(C)NC(=O)c1ccc2c(=O)c3ccccc3sc2c1C(N)=O. The highest BCUT2D eigenvalue weighted by Gasteiger charge is 2.29. The second-order valence-electron chi connectivity index (χ2n) is 9.23. The van der Waals surface area contributed by atoms with Crippen LogP contribution in [0.1, 0.15) is 61.8 Å². The summed E-state index contributed by atoms with van der Waals surface area (Å²) in [6.45, 7) is 10.2. The molecule has 3 N–H and O–H groups in total. The van der Waals surface area contributed by atoms with Crippen LogP contribution in [0.3, 0.4) is 0 Å². The molecule has 0 saturated heterocycles. The fourth-order valence-electron chi connectivity index (χ4n) is 4.04. The number of fused-ring (bicyclic) bond motifs is 2. The monoisotopic (exact) mass is 410 g/mol. The van der Waals surface area contributed by atoms with Crippen LogP contribution in [0, 0.1) is 5.41 Å². The third-order valence-electron chi connectivity index (χ3n) is 4.66. The third kappa shape index (κ3) is 4.32. The average molecular weight is 411 g/mol. The van der Waals surface area contributed by atoms with Crippen molar-refractivity contribution in [2.24, 2.45) is 11.1 Å². The number of nitrogens with two attached hydrogens (primary N) is 1. The summed E-state index contributed by atoms with van der Waals surface area (Å²) in [6.07, 6.45) is 0.753. The summed E-state index contributed by atoms with van der Waals surface area (Å²) in [6, 6.07) is 10.3. The molecule has 5 nitrogen and oxygen atoms in total. The van der Waals surface area contributed by atoms with Crippen LogP contribution in [0.15, 0.2) is 41.2 Å². The summed E-state index contributed by atoms with van der Waals surface area (Å²) in [4.78, 5) is 38.3. The average Bonchev–Trinajstić information content (AvgIpc) is 2.58. The summed E-state index contributed by atoms with van der Waals surface area (Å²) in [7, 11) is 0. The van der Waals surface area contributed by atoms with Crippen LogP contribution in [0.2, 0.25) is 0 Å². The van der Waals surface area contributed by atoms with Gasteiger partial charge in [0.1, 0.15) is 0 Å². The summed E-state index contributed by atoms with van der Waals surface area (Å²) < 4.78 is 1.19. The van der Waals surface area contributed by atoms with E-state index in [0.29, 0.717) is 15.5 Å². The molecule has 0 bridgehead atoms. The molecule has 0 saturated carbocycles. The molecule has 0 radical (unpaired) electrons. The molecule has 2 amide bonds. The summed E-state index contributed by atoms with van der Waals surface area (Å²) in [5.74, 6) is -1.09. The van der Waals surface area contributed by atoms with Crippen molar-refractivity contribution in [2.45, 2.75) is 46.6 Å². The molecule has 152 valence electrons. The Bertz CT molecular complexity index is 1190. The lowest BCUT2D eigenvalue weighted by Gasteiger charge is -2.33. The predicted molar refractivity (Wildman–Crippen MR) is 120 cm³/mol. The number of carbonyl (C=O) groups is 2. The molecular weight excluding hydrogens is 384 g/mol. The van der Waals surface area contributed by atoms with Crippen LogP contribution in [0.25, 0.3) is 20.2 Å². The zero-order valence-electron chi connectivity index (χ0n) is 17.4. The number of amides is 2. The van der Waals surface area contributed by atoms with E-state index in [-0.39, 0.29) is 27.9 Å². The van der Waals surface area contributed by atoms with Gasteiger partial charge in [0.05, 0.1) is 15.8 Å². The van der Waals surface area contributed by atoms with Gasteiger partial charge in [-0.1, -0.05) is 32.9 Å². The molecule has 0 fully saturated rings. The minimum Gasteiger partial charge on any atom is -0.366 e. The highest BCUT2D eigenvalue weighted by Crippen LogP contribution is 2.31. The summed E-state index contributed by atoms with van der Waals surface area (Å²) in [5.41, 5.74) is 5.33. The number of primary amides is 1. The van der Waals surface area contributed by atoms with Gasteiger partial charge >= 0.3 is 0 Å². The van der Waals surface area contributed by atoms with Crippen LogP contribution in [0.4, 0.5) is 0 Å². The van der Waals surface area contributed by atoms with Crippen LogP contribution in [-0.2, 0) is 0 Å². The van der Waals surface area contributed by atoms with E-state index in [1.165, 1.54) is 17.4 Å². The summed E-state index contributed by atoms with van der Waals surface area (Å²) >= 11 is 1.30. The Morgan fingerprint density at radius 2 is 1.66 bits per heavy atom. The van der Waals surface area contributed by atoms with Crippen LogP contribution >= 0.6 is 11.3 Å². The molecule has 2 aromatic carbocycles. The van der Waals surface area contributed by atoms with Gasteiger partial charge in [-0.05, 0) is 49.9 Å². The number of benzene rings is 2. The van der Waals surface area contributed by atoms with Gasteiger partial charge < -0.3 is 11.1 Å². The molecule has 0 spiro atoms. The minimum absolute atomic E-state index is 0.0190. The first kappa shape index (κ1) is 21.0. The molecule has 29 heavy (non-hydrogen) atoms. The van der Waals surface area contributed by atoms with E-state index in [2.05, 4.69) is 26.1 Å². The second-order valence-corrected chi connectivity index (χ2v) is 10.3. The van der Waals surface area contributed by atoms with E-state index < -0.39 is 11.4 Å². The first-order valence-corrected chi connectivity index (χ1v) is 10.3. The van der Waals surface area contributed by atoms with E-state index in [0.717, 1.165) is 11.1 Å². The standard InChI is InChI=1S/C23H26N2O3S/c1-22(2,3)12-23(4,5)25-21(28)14-10-11-15-18(26)13-8-6-7-9-16(13)29-19(15)17(14)20(24)27/h6-11H,12H2,1-5H3,(H2,24,27)(H,25,28). The number of carbonyl (C=O) groups excluding carboxylic acids is 2. The van der Waals surface area contributed by atoms with Gasteiger partial charge in [-0.3, -0.25) is 14.4 Å². The maximum atomic E-state index is 13.1. The first-order valence-electron chi connectivity index (χ1n) is 9.50. The highest BCUT2D eigenvalue weighted by molar-refractivity contribution is 7.25.